The molecule has 6 nitrogen and oxygen atoms in total. The van der Waals surface area contributed by atoms with Crippen LogP contribution in [0.5, 0.6) is 0 Å². The van der Waals surface area contributed by atoms with E-state index in [-0.39, 0.29) is 41.5 Å². The van der Waals surface area contributed by atoms with E-state index in [9.17, 15) is 8.42 Å². The zero-order chi connectivity index (χ0) is 15.2. The summed E-state index contributed by atoms with van der Waals surface area (Å²) in [5.41, 5.74) is 0. The van der Waals surface area contributed by atoms with Gasteiger partial charge in [0.2, 0.25) is 0 Å². The Hall–Kier alpha value is -0.0900. The van der Waals surface area contributed by atoms with Gasteiger partial charge in [-0.25, -0.2) is 8.42 Å². The first-order chi connectivity index (χ1) is 9.41. The second-order valence-corrected chi connectivity index (χ2v) is 7.50. The van der Waals surface area contributed by atoms with Crippen LogP contribution in [0.4, 0.5) is 0 Å². The minimum Gasteiger partial charge on any atom is -0.355 e. The Kier molecular flexibility index (Phi) is 9.79. The smallest absolute Gasteiger partial charge is 0.191 e. The Morgan fingerprint density at radius 3 is 2.43 bits per heavy atom. The summed E-state index contributed by atoms with van der Waals surface area (Å²) in [6, 6.07) is 0.394. The number of aliphatic imine (C=N–C) groups is 1. The number of guanidine groups is 1. The van der Waals surface area contributed by atoms with Gasteiger partial charge >= 0.3 is 0 Å². The largest absolute Gasteiger partial charge is 0.355 e. The summed E-state index contributed by atoms with van der Waals surface area (Å²) in [7, 11) is -1.15. The van der Waals surface area contributed by atoms with Gasteiger partial charge in [-0.1, -0.05) is 13.8 Å². The van der Waals surface area contributed by atoms with E-state index in [1.165, 1.54) is 0 Å². The van der Waals surface area contributed by atoms with Crippen LogP contribution in [0.15, 0.2) is 4.99 Å². The van der Waals surface area contributed by atoms with Crippen molar-refractivity contribution in [3.63, 3.8) is 0 Å². The van der Waals surface area contributed by atoms with Crippen LogP contribution in [0.1, 0.15) is 27.2 Å². The van der Waals surface area contributed by atoms with Gasteiger partial charge in [0.1, 0.15) is 0 Å². The van der Waals surface area contributed by atoms with E-state index in [1.807, 2.05) is 0 Å². The molecule has 1 aliphatic rings. The van der Waals surface area contributed by atoms with Crippen molar-refractivity contribution in [2.45, 2.75) is 39.3 Å². The van der Waals surface area contributed by atoms with Gasteiger partial charge in [0.05, 0.1) is 11.5 Å². The molecule has 0 amide bonds. The standard InChI is InChI=1S/C13H28N4O2S.HI/c1-5-17(6-2)11(3)9-15-13(14-4)16-12-7-8-20(18,19)10-12;/h11-12H,5-10H2,1-4H3,(H2,14,15,16);1H. The quantitative estimate of drug-likeness (QED) is 0.367. The molecule has 0 bridgehead atoms. The number of likely N-dealkylation sites (N-methyl/N-ethyl adjacent to an activating group) is 1. The fraction of sp³-hybridized carbons (Fsp3) is 0.923. The Labute approximate surface area is 146 Å². The maximum atomic E-state index is 11.4. The van der Waals surface area contributed by atoms with E-state index in [1.54, 1.807) is 7.05 Å². The average molecular weight is 432 g/mol. The number of halogens is 1. The Bertz CT molecular complexity index is 424. The lowest BCUT2D eigenvalue weighted by Gasteiger charge is -2.27. The van der Waals surface area contributed by atoms with Crippen LogP contribution < -0.4 is 10.6 Å². The van der Waals surface area contributed by atoms with Gasteiger partial charge < -0.3 is 10.6 Å². The van der Waals surface area contributed by atoms with Crippen molar-refractivity contribution >= 4 is 39.8 Å². The fourth-order valence-electron chi connectivity index (χ4n) is 2.52. The molecule has 2 atom stereocenters. The minimum atomic E-state index is -2.86. The molecule has 0 aliphatic carbocycles. The van der Waals surface area contributed by atoms with Crippen LogP contribution in [0.2, 0.25) is 0 Å². The summed E-state index contributed by atoms with van der Waals surface area (Å²) in [5, 5.41) is 6.47. The molecule has 1 saturated heterocycles. The van der Waals surface area contributed by atoms with Crippen LogP contribution in [-0.4, -0.2) is 69.5 Å². The number of nitrogens with one attached hydrogen (secondary N) is 2. The van der Waals surface area contributed by atoms with Gasteiger partial charge in [-0.15, -0.1) is 24.0 Å². The monoisotopic (exact) mass is 432 g/mol. The molecule has 8 heteroatoms. The zero-order valence-electron chi connectivity index (χ0n) is 13.4. The lowest BCUT2D eigenvalue weighted by atomic mass is 10.2. The van der Waals surface area contributed by atoms with E-state index >= 15 is 0 Å². The van der Waals surface area contributed by atoms with Crippen molar-refractivity contribution in [2.24, 2.45) is 4.99 Å². The van der Waals surface area contributed by atoms with Crippen molar-refractivity contribution < 1.29 is 8.42 Å². The lowest BCUT2D eigenvalue weighted by molar-refractivity contribution is 0.231. The van der Waals surface area contributed by atoms with Crippen LogP contribution in [0.25, 0.3) is 0 Å². The van der Waals surface area contributed by atoms with Gasteiger partial charge in [0.15, 0.2) is 15.8 Å². The summed E-state index contributed by atoms with van der Waals surface area (Å²) < 4.78 is 22.9. The van der Waals surface area contributed by atoms with E-state index in [0.29, 0.717) is 18.4 Å². The highest BCUT2D eigenvalue weighted by Crippen LogP contribution is 2.10. The number of rotatable bonds is 6. The molecule has 0 aromatic rings. The third kappa shape index (κ3) is 7.14. The zero-order valence-corrected chi connectivity index (χ0v) is 16.6. The molecule has 0 aromatic carbocycles. The molecule has 1 fully saturated rings. The van der Waals surface area contributed by atoms with Crippen molar-refractivity contribution in [3.8, 4) is 0 Å². The van der Waals surface area contributed by atoms with Crippen LogP contribution in [0.3, 0.4) is 0 Å². The molecule has 0 radical (unpaired) electrons. The molecule has 21 heavy (non-hydrogen) atoms. The van der Waals surface area contributed by atoms with E-state index in [0.717, 1.165) is 19.6 Å². The molecular formula is C13H29IN4O2S. The topological polar surface area (TPSA) is 73.8 Å². The first-order valence-corrected chi connectivity index (χ1v) is 9.15. The molecule has 0 aromatic heterocycles. The molecule has 0 spiro atoms. The molecule has 126 valence electrons. The van der Waals surface area contributed by atoms with Gasteiger partial charge in [0, 0.05) is 25.7 Å². The molecule has 0 saturated carbocycles. The summed E-state index contributed by atoms with van der Waals surface area (Å²) >= 11 is 0. The van der Waals surface area contributed by atoms with Gasteiger partial charge in [-0.2, -0.15) is 0 Å². The Balaban J connectivity index is 0.00000400. The number of nitrogens with zero attached hydrogens (tertiary/aromatic N) is 2. The van der Waals surface area contributed by atoms with Crippen molar-refractivity contribution in [2.75, 3.05) is 38.2 Å². The van der Waals surface area contributed by atoms with Crippen molar-refractivity contribution in [3.05, 3.63) is 0 Å². The molecular weight excluding hydrogens is 403 g/mol. The first kappa shape index (κ1) is 20.9. The van der Waals surface area contributed by atoms with Crippen molar-refractivity contribution in [1.82, 2.24) is 15.5 Å². The number of hydrogen-bond acceptors (Lipinski definition) is 4. The van der Waals surface area contributed by atoms with E-state index in [4.69, 9.17) is 0 Å². The molecule has 1 rings (SSSR count). The molecule has 2 unspecified atom stereocenters. The third-order valence-electron chi connectivity index (χ3n) is 3.80. The van der Waals surface area contributed by atoms with Crippen LogP contribution in [0, 0.1) is 0 Å². The third-order valence-corrected chi connectivity index (χ3v) is 5.57. The predicted molar refractivity (Wildman–Crippen MR) is 99.4 cm³/mol. The van der Waals surface area contributed by atoms with Gasteiger partial charge in [0.25, 0.3) is 0 Å². The highest BCUT2D eigenvalue weighted by Gasteiger charge is 2.28. The normalized spacial score (nSPS) is 22.7. The lowest BCUT2D eigenvalue weighted by Crippen LogP contribution is -2.48. The Morgan fingerprint density at radius 1 is 1.38 bits per heavy atom. The minimum absolute atomic E-state index is 0. The Morgan fingerprint density at radius 2 is 2.00 bits per heavy atom. The highest BCUT2D eigenvalue weighted by molar-refractivity contribution is 14.0. The summed E-state index contributed by atoms with van der Waals surface area (Å²) in [6.45, 7) is 9.31. The SMILES string of the molecule is CCN(CC)C(C)CNC(=NC)NC1CCS(=O)(=O)C1.I. The second kappa shape index (κ2) is 9.83. The first-order valence-electron chi connectivity index (χ1n) is 7.33. The summed E-state index contributed by atoms with van der Waals surface area (Å²) in [6.07, 6.45) is 0.661. The number of hydrogen-bond donors (Lipinski definition) is 2. The van der Waals surface area contributed by atoms with E-state index < -0.39 is 9.84 Å². The van der Waals surface area contributed by atoms with Crippen molar-refractivity contribution in [1.29, 1.82) is 0 Å². The predicted octanol–water partition coefficient (Wildman–Crippen LogP) is 0.687. The van der Waals surface area contributed by atoms with Gasteiger partial charge in [-0.3, -0.25) is 9.89 Å². The molecule has 1 heterocycles. The van der Waals surface area contributed by atoms with E-state index in [2.05, 4.69) is 41.3 Å². The molecule has 2 N–H and O–H groups in total. The summed E-state index contributed by atoms with van der Waals surface area (Å²) in [5.74, 6) is 1.17. The maximum absolute atomic E-state index is 11.4. The number of sulfone groups is 1. The fourth-order valence-corrected chi connectivity index (χ4v) is 4.19. The summed E-state index contributed by atoms with van der Waals surface area (Å²) in [4.78, 5) is 6.52. The van der Waals surface area contributed by atoms with Gasteiger partial charge in [-0.05, 0) is 26.4 Å². The average Bonchev–Trinajstić information content (AvgIpc) is 2.75. The van der Waals surface area contributed by atoms with Crippen LogP contribution in [-0.2, 0) is 9.84 Å². The molecule has 1 aliphatic heterocycles. The second-order valence-electron chi connectivity index (χ2n) is 5.27. The highest BCUT2D eigenvalue weighted by atomic mass is 127. The van der Waals surface area contributed by atoms with Crippen LogP contribution >= 0.6 is 24.0 Å². The maximum Gasteiger partial charge on any atom is 0.191 e.